The molecule has 0 unspecified atom stereocenters. The minimum Gasteiger partial charge on any atom is -0.375 e. The van der Waals surface area contributed by atoms with Crippen LogP contribution in [0.25, 0.3) is 0 Å². The largest absolute Gasteiger partial charge is 0.417 e. The molecule has 0 heterocycles. The maximum atomic E-state index is 12.9. The second-order valence-corrected chi connectivity index (χ2v) is 6.11. The van der Waals surface area contributed by atoms with E-state index in [1.807, 2.05) is 30.3 Å². The molecular weight excluding hydrogens is 379 g/mol. The number of nitriles is 1. The highest BCUT2D eigenvalue weighted by Gasteiger charge is 2.33. The molecule has 0 saturated heterocycles. The van der Waals surface area contributed by atoms with Gasteiger partial charge >= 0.3 is 6.18 Å². The van der Waals surface area contributed by atoms with Crippen molar-refractivity contribution in [2.45, 2.75) is 12.7 Å². The van der Waals surface area contributed by atoms with E-state index < -0.39 is 22.7 Å². The molecule has 0 aliphatic rings. The van der Waals surface area contributed by atoms with E-state index in [-0.39, 0.29) is 11.3 Å². The van der Waals surface area contributed by atoms with Crippen LogP contribution in [0, 0.1) is 11.3 Å². The third-order valence-corrected chi connectivity index (χ3v) is 3.85. The molecule has 0 aliphatic carbocycles. The average molecular weight is 394 g/mol. The van der Waals surface area contributed by atoms with Crippen molar-refractivity contribution < 1.29 is 18.0 Å². The lowest BCUT2D eigenvalue weighted by atomic mass is 10.2. The smallest absolute Gasteiger partial charge is 0.375 e. The summed E-state index contributed by atoms with van der Waals surface area (Å²) >= 11 is 5.55. The number of carbonyl (C=O) groups excluding carboxylic acids is 1. The van der Waals surface area contributed by atoms with Gasteiger partial charge in [0, 0.05) is 25.5 Å². The van der Waals surface area contributed by atoms with Gasteiger partial charge < -0.3 is 10.2 Å². The minimum absolute atomic E-state index is 0.108. The van der Waals surface area contributed by atoms with E-state index in [0.717, 1.165) is 17.7 Å². The molecule has 0 saturated carbocycles. The molecule has 2 aromatic carbocycles. The first-order valence-electron chi connectivity index (χ1n) is 7.75. The van der Waals surface area contributed by atoms with Gasteiger partial charge in [-0.05, 0) is 23.8 Å². The van der Waals surface area contributed by atoms with Gasteiger partial charge in [-0.3, -0.25) is 4.79 Å². The van der Waals surface area contributed by atoms with E-state index in [4.69, 9.17) is 11.6 Å². The van der Waals surface area contributed by atoms with Gasteiger partial charge in [0.05, 0.1) is 10.6 Å². The summed E-state index contributed by atoms with van der Waals surface area (Å²) in [5.74, 6) is -0.812. The van der Waals surface area contributed by atoms with Crippen LogP contribution in [0.3, 0.4) is 0 Å². The fraction of sp³-hybridized carbons (Fsp3) is 0.158. The number of amides is 1. The van der Waals surface area contributed by atoms with Crippen LogP contribution in [0.15, 0.2) is 60.3 Å². The predicted octanol–water partition coefficient (Wildman–Crippen LogP) is 4.84. The SMILES string of the molecule is CN(/C=C(/C#N)C(=O)Nc1ccc(Cl)c(C(F)(F)F)c1)Cc1ccccc1. The first-order chi connectivity index (χ1) is 12.7. The Morgan fingerprint density at radius 1 is 1.26 bits per heavy atom. The molecule has 27 heavy (non-hydrogen) atoms. The average Bonchev–Trinajstić information content (AvgIpc) is 2.61. The third-order valence-electron chi connectivity index (χ3n) is 3.52. The Morgan fingerprint density at radius 2 is 1.93 bits per heavy atom. The Hall–Kier alpha value is -2.98. The van der Waals surface area contributed by atoms with Crippen LogP contribution in [0.4, 0.5) is 18.9 Å². The summed E-state index contributed by atoms with van der Waals surface area (Å²) < 4.78 is 38.7. The number of carbonyl (C=O) groups is 1. The maximum Gasteiger partial charge on any atom is 0.417 e. The van der Waals surface area contributed by atoms with Gasteiger partial charge in [0.25, 0.3) is 5.91 Å². The highest BCUT2D eigenvalue weighted by atomic mass is 35.5. The number of benzene rings is 2. The third kappa shape index (κ3) is 5.76. The molecular formula is C19H15ClF3N3O. The van der Waals surface area contributed by atoms with Crippen LogP contribution >= 0.6 is 11.6 Å². The number of nitrogens with one attached hydrogen (secondary N) is 1. The van der Waals surface area contributed by atoms with E-state index in [9.17, 15) is 23.2 Å². The summed E-state index contributed by atoms with van der Waals surface area (Å²) in [6.45, 7) is 0.457. The molecule has 2 rings (SSSR count). The normalized spacial score (nSPS) is 11.6. The second kappa shape index (κ2) is 8.60. The Labute approximate surface area is 159 Å². The molecule has 0 spiro atoms. The molecule has 0 aliphatic heterocycles. The molecule has 0 fully saturated rings. The van der Waals surface area contributed by atoms with Crippen LogP contribution in [-0.2, 0) is 17.5 Å². The van der Waals surface area contributed by atoms with E-state index >= 15 is 0 Å². The standard InChI is InChI=1S/C19H15ClF3N3O/c1-26(11-13-5-3-2-4-6-13)12-14(10-24)18(27)25-15-7-8-17(20)16(9-15)19(21,22)23/h2-9,12H,11H2,1H3,(H,25,27)/b14-12-. The zero-order valence-electron chi connectivity index (χ0n) is 14.2. The molecule has 4 nitrogen and oxygen atoms in total. The molecule has 1 N–H and O–H groups in total. The van der Waals surface area contributed by atoms with Gasteiger partial charge in [-0.15, -0.1) is 0 Å². The highest BCUT2D eigenvalue weighted by Crippen LogP contribution is 2.36. The van der Waals surface area contributed by atoms with Crippen molar-refractivity contribution >= 4 is 23.2 Å². The Balaban J connectivity index is 2.14. The first kappa shape index (κ1) is 20.3. The molecule has 140 valence electrons. The Kier molecular flexibility index (Phi) is 6.48. The Morgan fingerprint density at radius 3 is 2.52 bits per heavy atom. The van der Waals surface area contributed by atoms with Crippen LogP contribution in [-0.4, -0.2) is 17.9 Å². The number of hydrogen-bond donors (Lipinski definition) is 1. The predicted molar refractivity (Wildman–Crippen MR) is 96.7 cm³/mol. The van der Waals surface area contributed by atoms with Gasteiger partial charge in [-0.1, -0.05) is 41.9 Å². The molecule has 2 aromatic rings. The van der Waals surface area contributed by atoms with Crippen molar-refractivity contribution in [1.29, 1.82) is 5.26 Å². The number of rotatable bonds is 5. The second-order valence-electron chi connectivity index (χ2n) is 5.70. The van der Waals surface area contributed by atoms with E-state index in [0.29, 0.717) is 6.54 Å². The van der Waals surface area contributed by atoms with Crippen molar-refractivity contribution in [2.24, 2.45) is 0 Å². The van der Waals surface area contributed by atoms with E-state index in [2.05, 4.69) is 5.32 Å². The first-order valence-corrected chi connectivity index (χ1v) is 8.12. The number of hydrogen-bond acceptors (Lipinski definition) is 3. The molecule has 8 heteroatoms. The topological polar surface area (TPSA) is 56.1 Å². The van der Waals surface area contributed by atoms with Gasteiger partial charge in [-0.25, -0.2) is 0 Å². The van der Waals surface area contributed by atoms with Crippen molar-refractivity contribution in [1.82, 2.24) is 4.90 Å². The summed E-state index contributed by atoms with van der Waals surface area (Å²) in [5.41, 5.74) is -0.437. The monoisotopic (exact) mass is 393 g/mol. The summed E-state index contributed by atoms with van der Waals surface area (Å²) in [6.07, 6.45) is -3.31. The van der Waals surface area contributed by atoms with Gasteiger partial charge in [0.2, 0.25) is 0 Å². The maximum absolute atomic E-state index is 12.9. The lowest BCUT2D eigenvalue weighted by Crippen LogP contribution is -2.18. The zero-order chi connectivity index (χ0) is 20.0. The quantitative estimate of drug-likeness (QED) is 0.584. The van der Waals surface area contributed by atoms with Gasteiger partial charge in [0.1, 0.15) is 11.6 Å². The summed E-state index contributed by atoms with van der Waals surface area (Å²) in [5, 5.41) is 11.0. The minimum atomic E-state index is -4.65. The highest BCUT2D eigenvalue weighted by molar-refractivity contribution is 6.31. The van der Waals surface area contributed by atoms with Gasteiger partial charge in [-0.2, -0.15) is 18.4 Å². The molecule has 0 aromatic heterocycles. The summed E-state index contributed by atoms with van der Waals surface area (Å²) in [7, 11) is 1.68. The van der Waals surface area contributed by atoms with Crippen LogP contribution in [0.1, 0.15) is 11.1 Å². The van der Waals surface area contributed by atoms with Crippen molar-refractivity contribution in [2.75, 3.05) is 12.4 Å². The number of nitrogens with zero attached hydrogens (tertiary/aromatic N) is 2. The molecule has 0 bridgehead atoms. The van der Waals surface area contributed by atoms with Crippen molar-refractivity contribution in [3.05, 3.63) is 76.5 Å². The van der Waals surface area contributed by atoms with Crippen molar-refractivity contribution in [3.63, 3.8) is 0 Å². The fourth-order valence-corrected chi connectivity index (χ4v) is 2.52. The molecule has 1 amide bonds. The summed E-state index contributed by atoms with van der Waals surface area (Å²) in [6, 6.07) is 14.1. The number of alkyl halides is 3. The van der Waals surface area contributed by atoms with Crippen LogP contribution in [0.5, 0.6) is 0 Å². The Bertz CT molecular complexity index is 889. The lowest BCUT2D eigenvalue weighted by Gasteiger charge is -2.15. The summed E-state index contributed by atoms with van der Waals surface area (Å²) in [4.78, 5) is 13.9. The van der Waals surface area contributed by atoms with Crippen molar-refractivity contribution in [3.8, 4) is 6.07 Å². The molecule has 0 radical (unpaired) electrons. The van der Waals surface area contributed by atoms with Gasteiger partial charge in [0.15, 0.2) is 0 Å². The molecule has 0 atom stereocenters. The number of anilines is 1. The fourth-order valence-electron chi connectivity index (χ4n) is 2.29. The van der Waals surface area contributed by atoms with Crippen LogP contribution < -0.4 is 5.32 Å². The van der Waals surface area contributed by atoms with E-state index in [1.54, 1.807) is 18.0 Å². The zero-order valence-corrected chi connectivity index (χ0v) is 15.0. The lowest BCUT2D eigenvalue weighted by molar-refractivity contribution is -0.137. The van der Waals surface area contributed by atoms with E-state index in [1.165, 1.54) is 12.3 Å². The number of halogens is 4. The van der Waals surface area contributed by atoms with Crippen LogP contribution in [0.2, 0.25) is 5.02 Å².